The van der Waals surface area contributed by atoms with E-state index in [2.05, 4.69) is 58.6 Å². The summed E-state index contributed by atoms with van der Waals surface area (Å²) in [7, 11) is 3.00. The van der Waals surface area contributed by atoms with Crippen molar-refractivity contribution in [2.24, 2.45) is 0 Å². The molecular weight excluding hydrogens is 356 g/mol. The van der Waals surface area contributed by atoms with Crippen LogP contribution >= 0.6 is 0 Å². The summed E-state index contributed by atoms with van der Waals surface area (Å²) in [4.78, 5) is 20.9. The van der Waals surface area contributed by atoms with Crippen molar-refractivity contribution in [1.82, 2.24) is 5.32 Å². The van der Waals surface area contributed by atoms with Crippen LogP contribution in [-0.2, 0) is 19.1 Å². The summed E-state index contributed by atoms with van der Waals surface area (Å²) in [6, 6.07) is 18.4. The zero-order valence-electron chi connectivity index (χ0n) is 16.1. The second-order valence-corrected chi connectivity index (χ2v) is 6.24. The van der Waals surface area contributed by atoms with E-state index in [0.29, 0.717) is 12.3 Å². The summed E-state index contributed by atoms with van der Waals surface area (Å²) in [5.74, 6) is -0.130. The third kappa shape index (κ3) is 4.96. The first-order valence-corrected chi connectivity index (χ1v) is 8.99. The molecule has 0 spiro atoms. The van der Waals surface area contributed by atoms with Crippen LogP contribution in [0, 0.1) is 11.3 Å². The molecule has 1 aliphatic rings. The molecule has 3 rings (SSSR count). The van der Waals surface area contributed by atoms with Gasteiger partial charge in [0.15, 0.2) is 0 Å². The normalized spacial score (nSPS) is 12.5. The minimum atomic E-state index is -0.702. The highest BCUT2D eigenvalue weighted by Gasteiger charge is 2.27. The number of nitrogens with zero attached hydrogens (tertiary/aromatic N) is 1. The van der Waals surface area contributed by atoms with Gasteiger partial charge in [-0.3, -0.25) is 4.79 Å². The van der Waals surface area contributed by atoms with Gasteiger partial charge in [-0.25, -0.2) is 4.79 Å². The fourth-order valence-corrected chi connectivity index (χ4v) is 3.31. The molecule has 1 amide bonds. The fraction of sp³-hybridized carbons (Fsp3) is 0.318. The molecule has 28 heavy (non-hydrogen) atoms. The Balaban J connectivity index is 0.000000211. The van der Waals surface area contributed by atoms with E-state index in [1.165, 1.54) is 29.4 Å². The zero-order chi connectivity index (χ0) is 20.4. The highest BCUT2D eigenvalue weighted by Crippen LogP contribution is 2.44. The molecule has 2 aromatic carbocycles. The maximum absolute atomic E-state index is 10.9. The van der Waals surface area contributed by atoms with Crippen molar-refractivity contribution in [3.63, 3.8) is 0 Å². The largest absolute Gasteiger partial charge is 0.467 e. The summed E-state index contributed by atoms with van der Waals surface area (Å²) < 4.78 is 9.73. The average molecular weight is 380 g/mol. The predicted octanol–water partition coefficient (Wildman–Crippen LogP) is 3.02. The molecule has 0 saturated carbocycles. The van der Waals surface area contributed by atoms with Gasteiger partial charge >= 0.3 is 5.97 Å². The minimum absolute atomic E-state index is 0.209. The van der Waals surface area contributed by atoms with Crippen LogP contribution < -0.4 is 5.32 Å². The van der Waals surface area contributed by atoms with E-state index in [1.54, 1.807) is 7.11 Å². The lowest BCUT2D eigenvalue weighted by molar-refractivity contribution is -0.144. The Morgan fingerprint density at radius 3 is 2.18 bits per heavy atom. The van der Waals surface area contributed by atoms with Gasteiger partial charge in [0.1, 0.15) is 6.04 Å². The van der Waals surface area contributed by atoms with E-state index in [-0.39, 0.29) is 12.8 Å². The molecule has 146 valence electrons. The van der Waals surface area contributed by atoms with Crippen LogP contribution in [-0.4, -0.2) is 39.2 Å². The highest BCUT2D eigenvalue weighted by atomic mass is 16.5. The smallest absolute Gasteiger partial charge is 0.328 e. The van der Waals surface area contributed by atoms with Crippen molar-refractivity contribution in [1.29, 1.82) is 5.26 Å². The standard InChI is InChI=1S/C15H14O.C7H10N2O3/c1-16-10-15-13-8-4-2-6-11(13)12-7-3-5-9-14(12)15;1-12-7(11)6(9-5-10)3-2-4-8/h2-9,15H,10H2,1H3;5-6H,2-3H2,1H3,(H,9,10). The lowest BCUT2D eigenvalue weighted by atomic mass is 9.98. The monoisotopic (exact) mass is 380 g/mol. The average Bonchev–Trinajstić information content (AvgIpc) is 3.05. The summed E-state index contributed by atoms with van der Waals surface area (Å²) in [5.41, 5.74) is 5.51. The molecule has 1 atom stereocenters. The number of rotatable bonds is 7. The molecule has 0 fully saturated rings. The quantitative estimate of drug-likeness (QED) is 0.589. The highest BCUT2D eigenvalue weighted by molar-refractivity contribution is 5.79. The number of esters is 1. The van der Waals surface area contributed by atoms with Crippen molar-refractivity contribution in [2.45, 2.75) is 24.8 Å². The lowest BCUT2D eigenvalue weighted by Crippen LogP contribution is -2.36. The zero-order valence-corrected chi connectivity index (χ0v) is 16.1. The molecule has 1 aliphatic carbocycles. The van der Waals surface area contributed by atoms with Gasteiger partial charge in [0.2, 0.25) is 6.41 Å². The van der Waals surface area contributed by atoms with E-state index >= 15 is 0 Å². The van der Waals surface area contributed by atoms with Gasteiger partial charge in [-0.05, 0) is 28.7 Å². The van der Waals surface area contributed by atoms with Crippen molar-refractivity contribution < 1.29 is 19.1 Å². The number of carbonyl (C=O) groups is 2. The number of ether oxygens (including phenoxy) is 2. The van der Waals surface area contributed by atoms with Crippen molar-refractivity contribution in [2.75, 3.05) is 20.8 Å². The van der Waals surface area contributed by atoms with Crippen molar-refractivity contribution in [3.05, 3.63) is 59.7 Å². The first-order valence-electron chi connectivity index (χ1n) is 8.99. The van der Waals surface area contributed by atoms with Gasteiger partial charge in [0.25, 0.3) is 0 Å². The number of benzene rings is 2. The topological polar surface area (TPSA) is 88.4 Å². The Morgan fingerprint density at radius 1 is 1.14 bits per heavy atom. The second-order valence-electron chi connectivity index (χ2n) is 6.24. The summed E-state index contributed by atoms with van der Waals surface area (Å²) >= 11 is 0. The van der Waals surface area contributed by atoms with Crippen LogP contribution in [0.15, 0.2) is 48.5 Å². The molecule has 2 aromatic rings. The Labute approximate surface area is 165 Å². The number of carbonyl (C=O) groups excluding carboxylic acids is 2. The van der Waals surface area contributed by atoms with Gasteiger partial charge in [-0.2, -0.15) is 5.26 Å². The lowest BCUT2D eigenvalue weighted by Gasteiger charge is -2.11. The van der Waals surface area contributed by atoms with Gasteiger partial charge in [0, 0.05) is 19.4 Å². The van der Waals surface area contributed by atoms with E-state index in [0.717, 1.165) is 6.61 Å². The summed E-state index contributed by atoms with van der Waals surface area (Å²) in [6.45, 7) is 0.758. The molecule has 6 heteroatoms. The summed E-state index contributed by atoms with van der Waals surface area (Å²) in [5, 5.41) is 10.5. The molecule has 0 radical (unpaired) electrons. The third-order valence-electron chi connectivity index (χ3n) is 4.60. The Bertz CT molecular complexity index is 799. The van der Waals surface area contributed by atoms with Crippen LogP contribution in [0.4, 0.5) is 0 Å². The Morgan fingerprint density at radius 2 is 1.71 bits per heavy atom. The van der Waals surface area contributed by atoms with Gasteiger partial charge < -0.3 is 14.8 Å². The first-order chi connectivity index (χ1) is 13.7. The number of nitrogens with one attached hydrogen (secondary N) is 1. The van der Waals surface area contributed by atoms with Gasteiger partial charge in [0.05, 0.1) is 19.8 Å². The number of methoxy groups -OCH3 is 2. The molecular formula is C22H24N2O4. The number of fused-ring (bicyclic) bond motifs is 3. The predicted molar refractivity (Wildman–Crippen MR) is 105 cm³/mol. The number of nitriles is 1. The van der Waals surface area contributed by atoms with Crippen LogP contribution in [0.25, 0.3) is 11.1 Å². The van der Waals surface area contributed by atoms with Gasteiger partial charge in [-0.15, -0.1) is 0 Å². The molecule has 0 saturated heterocycles. The van der Waals surface area contributed by atoms with Crippen LogP contribution in [0.2, 0.25) is 0 Å². The van der Waals surface area contributed by atoms with E-state index in [4.69, 9.17) is 10.00 Å². The van der Waals surface area contributed by atoms with E-state index in [9.17, 15) is 9.59 Å². The van der Waals surface area contributed by atoms with Crippen LogP contribution in [0.5, 0.6) is 0 Å². The van der Waals surface area contributed by atoms with Crippen molar-refractivity contribution >= 4 is 12.4 Å². The second kappa shape index (κ2) is 10.9. The first kappa shape index (κ1) is 21.1. The molecule has 0 bridgehead atoms. The SMILES string of the molecule is COC(=O)C(CCC#N)NC=O.COCC1c2ccccc2-c2ccccc21. The maximum Gasteiger partial charge on any atom is 0.328 e. The molecule has 0 aliphatic heterocycles. The Hall–Kier alpha value is -3.17. The van der Waals surface area contributed by atoms with Crippen LogP contribution in [0.1, 0.15) is 29.9 Å². The molecule has 1 N–H and O–H groups in total. The third-order valence-corrected chi connectivity index (χ3v) is 4.60. The molecule has 1 unspecified atom stereocenters. The van der Waals surface area contributed by atoms with Crippen molar-refractivity contribution in [3.8, 4) is 17.2 Å². The minimum Gasteiger partial charge on any atom is -0.467 e. The fourth-order valence-electron chi connectivity index (χ4n) is 3.31. The van der Waals surface area contributed by atoms with Gasteiger partial charge in [-0.1, -0.05) is 48.5 Å². The molecule has 0 heterocycles. The van der Waals surface area contributed by atoms with E-state index in [1.807, 2.05) is 6.07 Å². The number of hydrogen-bond donors (Lipinski definition) is 1. The summed E-state index contributed by atoms with van der Waals surface area (Å²) in [6.07, 6.45) is 0.904. The van der Waals surface area contributed by atoms with Crippen LogP contribution in [0.3, 0.4) is 0 Å². The number of hydrogen-bond acceptors (Lipinski definition) is 5. The number of amides is 1. The molecule has 6 nitrogen and oxygen atoms in total. The van der Waals surface area contributed by atoms with E-state index < -0.39 is 12.0 Å². The Kier molecular flexibility index (Phi) is 8.19. The maximum atomic E-state index is 10.9. The molecule has 0 aromatic heterocycles.